The Hall–Kier alpha value is -3.50. The van der Waals surface area contributed by atoms with E-state index in [4.69, 9.17) is 19.4 Å². The van der Waals surface area contributed by atoms with Gasteiger partial charge in [-0.25, -0.2) is 19.3 Å². The lowest BCUT2D eigenvalue weighted by Crippen LogP contribution is -2.35. The molecule has 0 atom stereocenters. The van der Waals surface area contributed by atoms with E-state index in [0.717, 1.165) is 0 Å². The van der Waals surface area contributed by atoms with Crippen molar-refractivity contribution < 1.29 is 38.5 Å². The summed E-state index contributed by atoms with van der Waals surface area (Å²) in [6.07, 6.45) is 0. The van der Waals surface area contributed by atoms with Gasteiger partial charge in [0.1, 0.15) is 0 Å². The first kappa shape index (κ1) is 24.5. The highest BCUT2D eigenvalue weighted by Gasteiger charge is 2.25. The Morgan fingerprint density at radius 3 is 1.27 bits per heavy atom. The summed E-state index contributed by atoms with van der Waals surface area (Å²) in [4.78, 5) is 68.1. The molecule has 0 aliphatic carbocycles. The Balaban J connectivity index is 3.00. The normalized spacial score (nSPS) is 10.0. The SMILES string of the molecule is C=C(C)C(=O)ON(OCC)C(=O)c1ccc(C(=O)N(OCC)OC(=O)C(=C)C)cc1. The van der Waals surface area contributed by atoms with Gasteiger partial charge in [0.2, 0.25) is 0 Å². The third-order valence-electron chi connectivity index (χ3n) is 3.23. The smallest absolute Gasteiger partial charge is 0.307 e. The number of nitrogens with zero attached hydrogens (tertiary/aromatic N) is 2. The predicted molar refractivity (Wildman–Crippen MR) is 104 cm³/mol. The third-order valence-corrected chi connectivity index (χ3v) is 3.23. The Morgan fingerprint density at radius 2 is 1.03 bits per heavy atom. The minimum Gasteiger partial charge on any atom is -0.307 e. The van der Waals surface area contributed by atoms with E-state index >= 15 is 0 Å². The van der Waals surface area contributed by atoms with Gasteiger partial charge in [0.15, 0.2) is 0 Å². The summed E-state index contributed by atoms with van der Waals surface area (Å²) in [5.41, 5.74) is 0.287. The van der Waals surface area contributed by atoms with Gasteiger partial charge in [0, 0.05) is 22.3 Å². The fraction of sp³-hybridized carbons (Fsp3) is 0.300. The Bertz CT molecular complexity index is 763. The predicted octanol–water partition coefficient (Wildman–Crippen LogP) is 2.54. The molecule has 10 heteroatoms. The molecule has 2 amide bonds. The highest BCUT2D eigenvalue weighted by atomic mass is 17.0. The molecule has 0 radical (unpaired) electrons. The summed E-state index contributed by atoms with van der Waals surface area (Å²) in [5, 5.41) is 0.879. The van der Waals surface area contributed by atoms with Crippen molar-refractivity contribution in [2.24, 2.45) is 0 Å². The van der Waals surface area contributed by atoms with Crippen molar-refractivity contribution in [2.45, 2.75) is 27.7 Å². The van der Waals surface area contributed by atoms with Crippen molar-refractivity contribution >= 4 is 23.8 Å². The summed E-state index contributed by atoms with van der Waals surface area (Å²) >= 11 is 0. The van der Waals surface area contributed by atoms with E-state index in [1.807, 2.05) is 0 Å². The maximum absolute atomic E-state index is 12.5. The molecule has 0 bridgehead atoms. The largest absolute Gasteiger partial charge is 0.361 e. The minimum atomic E-state index is -0.838. The summed E-state index contributed by atoms with van der Waals surface area (Å²) in [7, 11) is 0. The number of carbonyl (C=O) groups is 4. The van der Waals surface area contributed by atoms with Crippen LogP contribution >= 0.6 is 0 Å². The van der Waals surface area contributed by atoms with E-state index in [1.54, 1.807) is 13.8 Å². The van der Waals surface area contributed by atoms with Crippen molar-refractivity contribution in [1.82, 2.24) is 10.5 Å². The maximum Gasteiger partial charge on any atom is 0.361 e. The van der Waals surface area contributed by atoms with Crippen molar-refractivity contribution in [1.29, 1.82) is 0 Å². The molecule has 0 aliphatic heterocycles. The van der Waals surface area contributed by atoms with E-state index < -0.39 is 23.8 Å². The van der Waals surface area contributed by atoms with Crippen molar-refractivity contribution in [2.75, 3.05) is 13.2 Å². The summed E-state index contributed by atoms with van der Waals surface area (Å²) < 4.78 is 0. The van der Waals surface area contributed by atoms with Crippen LogP contribution in [0.2, 0.25) is 0 Å². The number of hydrogen-bond donors (Lipinski definition) is 0. The number of amides is 2. The lowest BCUT2D eigenvalue weighted by Gasteiger charge is -2.20. The van der Waals surface area contributed by atoms with E-state index in [9.17, 15) is 19.2 Å². The van der Waals surface area contributed by atoms with Crippen molar-refractivity contribution in [3.63, 3.8) is 0 Å². The summed E-state index contributed by atoms with van der Waals surface area (Å²) in [6.45, 7) is 13.0. The van der Waals surface area contributed by atoms with E-state index in [1.165, 1.54) is 38.1 Å². The molecule has 0 aliphatic rings. The van der Waals surface area contributed by atoms with Crippen LogP contribution in [-0.2, 0) is 28.9 Å². The minimum absolute atomic E-state index is 0.0587. The first-order valence-electron chi connectivity index (χ1n) is 8.92. The average molecular weight is 420 g/mol. The summed E-state index contributed by atoms with van der Waals surface area (Å²) in [5.74, 6) is -3.23. The second-order valence-corrected chi connectivity index (χ2v) is 5.86. The van der Waals surface area contributed by atoms with E-state index in [0.29, 0.717) is 10.5 Å². The number of hydrogen-bond acceptors (Lipinski definition) is 8. The molecule has 0 spiro atoms. The van der Waals surface area contributed by atoms with Gasteiger partial charge in [-0.3, -0.25) is 9.59 Å². The lowest BCUT2D eigenvalue weighted by atomic mass is 10.1. The van der Waals surface area contributed by atoms with E-state index in [-0.39, 0.29) is 35.5 Å². The van der Waals surface area contributed by atoms with Crippen LogP contribution < -0.4 is 0 Å². The maximum atomic E-state index is 12.5. The molecular formula is C20H24N2O8. The van der Waals surface area contributed by atoms with Gasteiger partial charge < -0.3 is 9.68 Å². The molecule has 0 N–H and O–H groups in total. The van der Waals surface area contributed by atoms with Gasteiger partial charge in [-0.15, -0.1) is 0 Å². The quantitative estimate of drug-likeness (QED) is 0.466. The molecule has 1 rings (SSSR count). The van der Waals surface area contributed by atoms with Crippen LogP contribution in [0.5, 0.6) is 0 Å². The highest BCUT2D eigenvalue weighted by Crippen LogP contribution is 2.13. The number of rotatable bonds is 8. The zero-order valence-corrected chi connectivity index (χ0v) is 17.3. The molecule has 0 heterocycles. The fourth-order valence-corrected chi connectivity index (χ4v) is 1.76. The Kier molecular flexibility index (Phi) is 9.40. The molecule has 0 saturated carbocycles. The Morgan fingerprint density at radius 1 is 0.733 bits per heavy atom. The van der Waals surface area contributed by atoms with Gasteiger partial charge in [0.05, 0.1) is 13.2 Å². The number of hydroxylamine groups is 4. The molecule has 0 aromatic heterocycles. The highest BCUT2D eigenvalue weighted by molar-refractivity contribution is 5.98. The molecule has 1 aromatic rings. The van der Waals surface area contributed by atoms with Crippen LogP contribution in [0.1, 0.15) is 48.4 Å². The zero-order valence-electron chi connectivity index (χ0n) is 17.3. The van der Waals surface area contributed by atoms with Crippen LogP contribution in [0.25, 0.3) is 0 Å². The molecule has 0 fully saturated rings. The van der Waals surface area contributed by atoms with Gasteiger partial charge >= 0.3 is 23.8 Å². The van der Waals surface area contributed by atoms with Gasteiger partial charge in [-0.2, -0.15) is 0 Å². The Labute approximate surface area is 174 Å². The van der Waals surface area contributed by atoms with Crippen LogP contribution in [0, 0.1) is 0 Å². The van der Waals surface area contributed by atoms with Gasteiger partial charge in [-0.1, -0.05) is 13.2 Å². The molecule has 10 nitrogen and oxygen atoms in total. The van der Waals surface area contributed by atoms with Crippen LogP contribution in [0.4, 0.5) is 0 Å². The molecule has 30 heavy (non-hydrogen) atoms. The van der Waals surface area contributed by atoms with Crippen LogP contribution in [-0.4, -0.2) is 47.4 Å². The zero-order chi connectivity index (χ0) is 22.8. The molecule has 1 aromatic carbocycles. The molecule has 0 saturated heterocycles. The first-order valence-corrected chi connectivity index (χ1v) is 8.92. The number of benzene rings is 1. The fourth-order valence-electron chi connectivity index (χ4n) is 1.76. The van der Waals surface area contributed by atoms with Gasteiger partial charge in [0.25, 0.3) is 0 Å². The molecule has 0 unspecified atom stereocenters. The first-order chi connectivity index (χ1) is 14.1. The van der Waals surface area contributed by atoms with Crippen LogP contribution in [0.3, 0.4) is 0 Å². The van der Waals surface area contributed by atoms with Crippen molar-refractivity contribution in [3.8, 4) is 0 Å². The average Bonchev–Trinajstić information content (AvgIpc) is 2.71. The molecule has 162 valence electrons. The second kappa shape index (κ2) is 11.5. The standard InChI is InChI=1S/C20H24N2O8/c1-7-27-21(29-19(25)13(3)4)17(23)15-9-11-16(12-10-15)18(24)22(28-8-2)30-20(26)14(5)6/h9-12H,3,5,7-8H2,1-2,4,6H3. The monoisotopic (exact) mass is 420 g/mol. The summed E-state index contributed by atoms with van der Waals surface area (Å²) in [6, 6.07) is 5.23. The second-order valence-electron chi connectivity index (χ2n) is 5.86. The molecular weight excluding hydrogens is 396 g/mol. The van der Waals surface area contributed by atoms with E-state index in [2.05, 4.69) is 13.2 Å². The van der Waals surface area contributed by atoms with Crippen LogP contribution in [0.15, 0.2) is 48.6 Å². The number of carbonyl (C=O) groups excluding carboxylic acids is 4. The van der Waals surface area contributed by atoms with Crippen molar-refractivity contribution in [3.05, 3.63) is 59.7 Å². The third kappa shape index (κ3) is 6.83. The van der Waals surface area contributed by atoms with Gasteiger partial charge in [-0.05, 0) is 62.4 Å². The topological polar surface area (TPSA) is 112 Å². The lowest BCUT2D eigenvalue weighted by molar-refractivity contribution is -0.303.